The summed E-state index contributed by atoms with van der Waals surface area (Å²) in [7, 11) is 3.38. The number of hydrogen-bond donors (Lipinski definition) is 1. The second-order valence-electron chi connectivity index (χ2n) is 6.93. The number of methoxy groups -OCH3 is 2. The number of hydrogen-bond acceptors (Lipinski definition) is 5. The molecule has 1 aromatic carbocycles. The molecule has 2 aromatic rings. The molecule has 0 radical (unpaired) electrons. The van der Waals surface area contributed by atoms with Gasteiger partial charge >= 0.3 is 0 Å². The average Bonchev–Trinajstić information content (AvgIpc) is 2.67. The second kappa shape index (κ2) is 6.65. The highest BCUT2D eigenvalue weighted by Crippen LogP contribution is 2.43. The molecule has 0 unspecified atom stereocenters. The van der Waals surface area contributed by atoms with Crippen molar-refractivity contribution in [3.05, 3.63) is 53.3 Å². The normalized spacial score (nSPS) is 25.8. The van der Waals surface area contributed by atoms with E-state index in [0.717, 1.165) is 43.1 Å². The number of fused-ring (bicyclic) bond motifs is 3. The van der Waals surface area contributed by atoms with Crippen molar-refractivity contribution in [2.24, 2.45) is 5.73 Å². The molecule has 0 bridgehead atoms. The highest BCUT2D eigenvalue weighted by atomic mass is 16.5. The van der Waals surface area contributed by atoms with Crippen LogP contribution in [0.1, 0.15) is 35.2 Å². The monoisotopic (exact) mass is 339 g/mol. The Morgan fingerprint density at radius 3 is 2.68 bits per heavy atom. The van der Waals surface area contributed by atoms with Crippen LogP contribution in [0.3, 0.4) is 0 Å². The summed E-state index contributed by atoms with van der Waals surface area (Å²) in [5.41, 5.74) is 10.4. The van der Waals surface area contributed by atoms with Crippen molar-refractivity contribution in [3.8, 4) is 11.5 Å². The molecule has 1 fully saturated rings. The highest BCUT2D eigenvalue weighted by Gasteiger charge is 2.38. The van der Waals surface area contributed by atoms with E-state index in [4.69, 9.17) is 15.2 Å². The maximum absolute atomic E-state index is 6.58. The van der Waals surface area contributed by atoms with Crippen molar-refractivity contribution < 1.29 is 9.47 Å². The topological polar surface area (TPSA) is 60.6 Å². The number of nitrogens with two attached hydrogens (primary N) is 1. The molecule has 2 N–H and O–H groups in total. The minimum Gasteiger partial charge on any atom is -0.493 e. The number of aromatic nitrogens is 1. The number of nitrogens with zero attached hydrogens (tertiary/aromatic N) is 2. The molecule has 0 amide bonds. The van der Waals surface area contributed by atoms with Crippen molar-refractivity contribution in [3.63, 3.8) is 0 Å². The first-order chi connectivity index (χ1) is 12.2. The number of piperidine rings is 1. The minimum atomic E-state index is 0.107. The molecule has 0 spiro atoms. The number of benzene rings is 1. The summed E-state index contributed by atoms with van der Waals surface area (Å²) in [4.78, 5) is 7.09. The molecule has 2 aliphatic rings. The molecule has 5 nitrogen and oxygen atoms in total. The Labute approximate surface area is 148 Å². The Balaban J connectivity index is 1.65. The van der Waals surface area contributed by atoms with Gasteiger partial charge in [-0.15, -0.1) is 0 Å². The van der Waals surface area contributed by atoms with Gasteiger partial charge < -0.3 is 15.2 Å². The largest absolute Gasteiger partial charge is 0.493 e. The first kappa shape index (κ1) is 16.4. The summed E-state index contributed by atoms with van der Waals surface area (Å²) in [6.45, 7) is 2.00. The van der Waals surface area contributed by atoms with Gasteiger partial charge in [0.05, 0.1) is 14.2 Å². The Morgan fingerprint density at radius 2 is 1.96 bits per heavy atom. The lowest BCUT2D eigenvalue weighted by atomic mass is 9.79. The minimum absolute atomic E-state index is 0.107. The lowest BCUT2D eigenvalue weighted by molar-refractivity contribution is 0.108. The third-order valence-electron chi connectivity index (χ3n) is 5.62. The molecule has 0 saturated carbocycles. The quantitative estimate of drug-likeness (QED) is 0.931. The van der Waals surface area contributed by atoms with E-state index in [9.17, 15) is 0 Å². The van der Waals surface area contributed by atoms with Crippen LogP contribution >= 0.6 is 0 Å². The van der Waals surface area contributed by atoms with E-state index in [1.54, 1.807) is 14.2 Å². The van der Waals surface area contributed by atoms with Crippen molar-refractivity contribution in [1.29, 1.82) is 0 Å². The van der Waals surface area contributed by atoms with Crippen LogP contribution in [0.4, 0.5) is 0 Å². The molecule has 1 saturated heterocycles. The summed E-state index contributed by atoms with van der Waals surface area (Å²) in [5.74, 6) is 1.89. The van der Waals surface area contributed by atoms with Gasteiger partial charge in [0.2, 0.25) is 0 Å². The standard InChI is InChI=1S/C20H25N3O2/c1-24-19-9-13-6-8-23-12-15(17-5-3-4-7-22-17)16(21)11-18(23)14(13)10-20(19)25-2/h3-5,7,9-10,15-16,18H,6,8,11-12,21H2,1-2H3/t15-,16-,18-/m0/s1. The molecule has 2 aliphatic heterocycles. The molecular formula is C20H25N3O2. The molecule has 3 heterocycles. The predicted octanol–water partition coefficient (Wildman–Crippen LogP) is 2.51. The van der Waals surface area contributed by atoms with Gasteiger partial charge in [0, 0.05) is 43.0 Å². The molecule has 132 valence electrons. The molecule has 5 heteroatoms. The summed E-state index contributed by atoms with van der Waals surface area (Å²) in [6.07, 6.45) is 3.82. The summed E-state index contributed by atoms with van der Waals surface area (Å²) in [6, 6.07) is 10.8. The lowest BCUT2D eigenvalue weighted by Gasteiger charge is -2.46. The summed E-state index contributed by atoms with van der Waals surface area (Å²) in [5, 5.41) is 0. The van der Waals surface area contributed by atoms with Crippen molar-refractivity contribution in [2.75, 3.05) is 27.3 Å². The van der Waals surface area contributed by atoms with Gasteiger partial charge in [-0.25, -0.2) is 0 Å². The Kier molecular flexibility index (Phi) is 4.36. The van der Waals surface area contributed by atoms with Crippen LogP contribution in [-0.4, -0.2) is 43.2 Å². The van der Waals surface area contributed by atoms with Gasteiger partial charge in [-0.05, 0) is 48.2 Å². The fourth-order valence-electron chi connectivity index (χ4n) is 4.29. The van der Waals surface area contributed by atoms with Crippen molar-refractivity contribution in [2.45, 2.75) is 30.8 Å². The zero-order valence-electron chi connectivity index (χ0n) is 14.8. The van der Waals surface area contributed by atoms with Crippen LogP contribution in [0.25, 0.3) is 0 Å². The third-order valence-corrected chi connectivity index (χ3v) is 5.62. The molecule has 0 aliphatic carbocycles. The van der Waals surface area contributed by atoms with E-state index >= 15 is 0 Å². The first-order valence-corrected chi connectivity index (χ1v) is 8.86. The lowest BCUT2D eigenvalue weighted by Crippen LogP contribution is -2.49. The zero-order chi connectivity index (χ0) is 17.4. The first-order valence-electron chi connectivity index (χ1n) is 8.86. The van der Waals surface area contributed by atoms with Crippen LogP contribution in [0.15, 0.2) is 36.5 Å². The highest BCUT2D eigenvalue weighted by molar-refractivity contribution is 5.49. The van der Waals surface area contributed by atoms with Gasteiger partial charge in [-0.1, -0.05) is 6.07 Å². The van der Waals surface area contributed by atoms with E-state index in [1.165, 1.54) is 11.1 Å². The summed E-state index contributed by atoms with van der Waals surface area (Å²) >= 11 is 0. The maximum Gasteiger partial charge on any atom is 0.161 e. The van der Waals surface area contributed by atoms with E-state index in [2.05, 4.69) is 28.1 Å². The SMILES string of the molecule is COc1cc2c(cc1OC)[C@@H]1C[C@H](N)[C@@H](c3ccccn3)CN1CC2. The van der Waals surface area contributed by atoms with Gasteiger partial charge in [-0.2, -0.15) is 0 Å². The Hall–Kier alpha value is -2.11. The van der Waals surface area contributed by atoms with E-state index in [0.29, 0.717) is 12.0 Å². The average molecular weight is 339 g/mol. The van der Waals surface area contributed by atoms with E-state index in [1.807, 2.05) is 18.3 Å². The van der Waals surface area contributed by atoms with E-state index < -0.39 is 0 Å². The van der Waals surface area contributed by atoms with Crippen LogP contribution in [0.5, 0.6) is 11.5 Å². The molecule has 25 heavy (non-hydrogen) atoms. The van der Waals surface area contributed by atoms with Gasteiger partial charge in [0.1, 0.15) is 0 Å². The predicted molar refractivity (Wildman–Crippen MR) is 97.1 cm³/mol. The van der Waals surface area contributed by atoms with Crippen LogP contribution < -0.4 is 15.2 Å². The van der Waals surface area contributed by atoms with E-state index in [-0.39, 0.29) is 6.04 Å². The number of ether oxygens (including phenoxy) is 2. The van der Waals surface area contributed by atoms with Gasteiger partial charge in [0.25, 0.3) is 0 Å². The number of pyridine rings is 1. The van der Waals surface area contributed by atoms with Gasteiger partial charge in [-0.3, -0.25) is 9.88 Å². The maximum atomic E-state index is 6.58. The molecule has 3 atom stereocenters. The molecule has 4 rings (SSSR count). The number of rotatable bonds is 3. The Bertz CT molecular complexity index is 750. The molecule has 1 aromatic heterocycles. The smallest absolute Gasteiger partial charge is 0.161 e. The fraction of sp³-hybridized carbons (Fsp3) is 0.450. The molecular weight excluding hydrogens is 314 g/mol. The Morgan fingerprint density at radius 1 is 1.16 bits per heavy atom. The third kappa shape index (κ3) is 2.87. The van der Waals surface area contributed by atoms with Crippen molar-refractivity contribution >= 4 is 0 Å². The zero-order valence-corrected chi connectivity index (χ0v) is 14.8. The van der Waals surface area contributed by atoms with Gasteiger partial charge in [0.15, 0.2) is 11.5 Å². The van der Waals surface area contributed by atoms with Crippen LogP contribution in [-0.2, 0) is 6.42 Å². The van der Waals surface area contributed by atoms with Crippen LogP contribution in [0, 0.1) is 0 Å². The van der Waals surface area contributed by atoms with Crippen LogP contribution in [0.2, 0.25) is 0 Å². The fourth-order valence-corrected chi connectivity index (χ4v) is 4.29. The van der Waals surface area contributed by atoms with Crippen molar-refractivity contribution in [1.82, 2.24) is 9.88 Å². The second-order valence-corrected chi connectivity index (χ2v) is 6.93. The summed E-state index contributed by atoms with van der Waals surface area (Å²) < 4.78 is 11.0.